The van der Waals surface area contributed by atoms with E-state index in [0.717, 1.165) is 11.8 Å². The van der Waals surface area contributed by atoms with Crippen molar-refractivity contribution in [1.82, 2.24) is 24.9 Å². The van der Waals surface area contributed by atoms with Crippen molar-refractivity contribution < 1.29 is 13.2 Å². The van der Waals surface area contributed by atoms with E-state index in [-0.39, 0.29) is 22.9 Å². The molecule has 0 amide bonds. The van der Waals surface area contributed by atoms with Crippen LogP contribution in [-0.4, -0.2) is 24.9 Å². The van der Waals surface area contributed by atoms with Crippen LogP contribution in [0.15, 0.2) is 31.2 Å². The van der Waals surface area contributed by atoms with Gasteiger partial charge in [-0.2, -0.15) is 13.2 Å². The fourth-order valence-electron chi connectivity index (χ4n) is 2.37. The summed E-state index contributed by atoms with van der Waals surface area (Å²) in [5.41, 5.74) is 0.106. The van der Waals surface area contributed by atoms with Gasteiger partial charge >= 0.3 is 6.18 Å². The molecule has 1 atom stereocenters. The number of aromatic nitrogens is 5. The van der Waals surface area contributed by atoms with Crippen LogP contribution in [-0.2, 0) is 6.18 Å². The maximum Gasteiger partial charge on any atom is 0.418 e. The van der Waals surface area contributed by atoms with E-state index in [4.69, 9.17) is 0 Å². The second kappa shape index (κ2) is 5.82. The van der Waals surface area contributed by atoms with E-state index in [1.807, 2.05) is 6.92 Å². The maximum atomic E-state index is 13.2. The lowest BCUT2D eigenvalue weighted by Gasteiger charge is -2.18. The van der Waals surface area contributed by atoms with Crippen molar-refractivity contribution in [3.05, 3.63) is 42.4 Å². The minimum atomic E-state index is -4.49. The molecule has 0 fully saturated rings. The summed E-state index contributed by atoms with van der Waals surface area (Å²) in [4.78, 5) is 18.2. The molecule has 0 aromatic carbocycles. The summed E-state index contributed by atoms with van der Waals surface area (Å²) in [5, 5.41) is 2.96. The highest BCUT2D eigenvalue weighted by Gasteiger charge is 2.35. The van der Waals surface area contributed by atoms with E-state index in [1.54, 1.807) is 12.4 Å². The monoisotopic (exact) mass is 322 g/mol. The highest BCUT2D eigenvalue weighted by molar-refractivity contribution is 5.90. The summed E-state index contributed by atoms with van der Waals surface area (Å²) < 4.78 is 39.5. The summed E-state index contributed by atoms with van der Waals surface area (Å²) in [6.45, 7) is 1.91. The first-order chi connectivity index (χ1) is 11.0. The largest absolute Gasteiger partial charge is 0.418 e. The van der Waals surface area contributed by atoms with Gasteiger partial charge in [0.1, 0.15) is 24.1 Å². The number of nitrogens with zero attached hydrogens (tertiary/aromatic N) is 4. The Morgan fingerprint density at radius 3 is 2.57 bits per heavy atom. The van der Waals surface area contributed by atoms with E-state index >= 15 is 0 Å². The number of hydrogen-bond acceptors (Lipinski definition) is 5. The highest BCUT2D eigenvalue weighted by atomic mass is 19.4. The number of halogens is 3. The predicted octanol–water partition coefficient (Wildman–Crippen LogP) is 3.33. The summed E-state index contributed by atoms with van der Waals surface area (Å²) in [5.74, 6) is 0.124. The van der Waals surface area contributed by atoms with E-state index in [1.165, 1.54) is 12.7 Å². The van der Waals surface area contributed by atoms with Crippen molar-refractivity contribution >= 4 is 16.9 Å². The van der Waals surface area contributed by atoms with Gasteiger partial charge in [-0.05, 0) is 6.42 Å². The van der Waals surface area contributed by atoms with Crippen molar-refractivity contribution in [2.75, 3.05) is 5.32 Å². The minimum Gasteiger partial charge on any atom is -0.362 e. The number of H-pyrrole nitrogens is 1. The van der Waals surface area contributed by atoms with Crippen LogP contribution in [0, 0.1) is 0 Å². The molecule has 3 aromatic rings. The number of aromatic amines is 1. The second-order valence-corrected chi connectivity index (χ2v) is 4.92. The average Bonchev–Trinajstić information content (AvgIpc) is 2.98. The number of rotatable bonds is 4. The van der Waals surface area contributed by atoms with E-state index in [0.29, 0.717) is 6.42 Å². The Bertz CT molecular complexity index is 799. The Morgan fingerprint density at radius 2 is 1.91 bits per heavy atom. The normalized spacial score (nSPS) is 13.2. The summed E-state index contributed by atoms with van der Waals surface area (Å²) in [6, 6.07) is -0.259. The van der Waals surface area contributed by atoms with Gasteiger partial charge in [0.25, 0.3) is 0 Å². The highest BCUT2D eigenvalue weighted by Crippen LogP contribution is 2.37. The molecular formula is C14H13F3N6. The summed E-state index contributed by atoms with van der Waals surface area (Å²) in [6.07, 6.45) is 2.89. The molecule has 6 nitrogen and oxygen atoms in total. The molecule has 0 bridgehead atoms. The van der Waals surface area contributed by atoms with Gasteiger partial charge in [-0.25, -0.2) is 19.9 Å². The van der Waals surface area contributed by atoms with Crippen molar-refractivity contribution in [1.29, 1.82) is 0 Å². The third kappa shape index (κ3) is 2.94. The van der Waals surface area contributed by atoms with Gasteiger partial charge in [-0.3, -0.25) is 0 Å². The lowest BCUT2D eigenvalue weighted by molar-refractivity contribution is -0.136. The van der Waals surface area contributed by atoms with Gasteiger partial charge in [0.05, 0.1) is 17.0 Å². The Hall–Kier alpha value is -2.71. The molecule has 0 radical (unpaired) electrons. The van der Waals surface area contributed by atoms with Gasteiger partial charge in [-0.15, -0.1) is 0 Å². The second-order valence-electron chi connectivity index (χ2n) is 4.92. The molecular weight excluding hydrogens is 309 g/mol. The van der Waals surface area contributed by atoms with E-state index < -0.39 is 11.7 Å². The molecule has 0 aliphatic carbocycles. The molecule has 0 spiro atoms. The zero-order valence-corrected chi connectivity index (χ0v) is 12.1. The Morgan fingerprint density at radius 1 is 1.17 bits per heavy atom. The van der Waals surface area contributed by atoms with Crippen LogP contribution in [0.5, 0.6) is 0 Å². The third-order valence-electron chi connectivity index (χ3n) is 3.48. The molecule has 9 heteroatoms. The molecule has 0 aliphatic rings. The SMILES string of the molecule is CCC(Nc1ncnc2[nH]cc(C(F)(F)F)c12)c1cncnc1. The van der Waals surface area contributed by atoms with Crippen LogP contribution in [0.25, 0.3) is 11.0 Å². The minimum absolute atomic E-state index is 0.0738. The van der Waals surface area contributed by atoms with Gasteiger partial charge < -0.3 is 10.3 Å². The summed E-state index contributed by atoms with van der Waals surface area (Å²) >= 11 is 0. The topological polar surface area (TPSA) is 79.4 Å². The number of hydrogen-bond donors (Lipinski definition) is 2. The first-order valence-corrected chi connectivity index (χ1v) is 6.91. The number of alkyl halides is 3. The zero-order chi connectivity index (χ0) is 16.4. The fourth-order valence-corrected chi connectivity index (χ4v) is 2.37. The average molecular weight is 322 g/mol. The quantitative estimate of drug-likeness (QED) is 0.770. The molecule has 0 saturated carbocycles. The van der Waals surface area contributed by atoms with Gasteiger partial charge in [-0.1, -0.05) is 6.92 Å². The Labute approximate surface area is 129 Å². The lowest BCUT2D eigenvalue weighted by Crippen LogP contribution is -2.13. The number of nitrogens with one attached hydrogen (secondary N) is 2. The van der Waals surface area contributed by atoms with Crippen LogP contribution in [0.1, 0.15) is 30.5 Å². The first kappa shape index (κ1) is 15.2. The molecule has 120 valence electrons. The molecule has 23 heavy (non-hydrogen) atoms. The van der Waals surface area contributed by atoms with Crippen molar-refractivity contribution in [3.63, 3.8) is 0 Å². The molecule has 0 aliphatic heterocycles. The van der Waals surface area contributed by atoms with Crippen LogP contribution in [0.4, 0.5) is 19.0 Å². The number of anilines is 1. The number of fused-ring (bicyclic) bond motifs is 1. The van der Waals surface area contributed by atoms with Crippen LogP contribution < -0.4 is 5.32 Å². The van der Waals surface area contributed by atoms with Crippen LogP contribution >= 0.6 is 0 Å². The first-order valence-electron chi connectivity index (χ1n) is 6.91. The van der Waals surface area contributed by atoms with Crippen LogP contribution in [0.2, 0.25) is 0 Å². The summed E-state index contributed by atoms with van der Waals surface area (Å²) in [7, 11) is 0. The van der Waals surface area contributed by atoms with Crippen LogP contribution in [0.3, 0.4) is 0 Å². The maximum absolute atomic E-state index is 13.2. The zero-order valence-electron chi connectivity index (χ0n) is 12.1. The van der Waals surface area contributed by atoms with Crippen molar-refractivity contribution in [3.8, 4) is 0 Å². The Kier molecular flexibility index (Phi) is 3.85. The van der Waals surface area contributed by atoms with Crippen molar-refractivity contribution in [2.24, 2.45) is 0 Å². The van der Waals surface area contributed by atoms with Gasteiger partial charge in [0.2, 0.25) is 0 Å². The van der Waals surface area contributed by atoms with Gasteiger partial charge in [0.15, 0.2) is 0 Å². The molecule has 3 rings (SSSR count). The molecule has 2 N–H and O–H groups in total. The fraction of sp³-hybridized carbons (Fsp3) is 0.286. The standard InChI is InChI=1S/C14H13F3N6/c1-2-10(8-3-18-6-19-4-8)23-13-11-9(14(15,16)17)5-20-12(11)21-7-22-13/h3-7,10H,2H2,1H3,(H2,20,21,22,23). The van der Waals surface area contributed by atoms with Crippen molar-refractivity contribution in [2.45, 2.75) is 25.6 Å². The predicted molar refractivity (Wildman–Crippen MR) is 77.6 cm³/mol. The third-order valence-corrected chi connectivity index (χ3v) is 3.48. The molecule has 1 unspecified atom stereocenters. The molecule has 0 saturated heterocycles. The lowest BCUT2D eigenvalue weighted by atomic mass is 10.1. The van der Waals surface area contributed by atoms with E-state index in [2.05, 4.69) is 30.2 Å². The molecule has 3 aromatic heterocycles. The Balaban J connectivity index is 2.04. The molecule has 3 heterocycles. The van der Waals surface area contributed by atoms with E-state index in [9.17, 15) is 13.2 Å². The van der Waals surface area contributed by atoms with Gasteiger partial charge in [0, 0.05) is 24.2 Å². The smallest absolute Gasteiger partial charge is 0.362 e.